The van der Waals surface area contributed by atoms with E-state index >= 15 is 0 Å². The van der Waals surface area contributed by atoms with Crippen LogP contribution in [0.25, 0.3) is 0 Å². The molecule has 0 bridgehead atoms. The lowest BCUT2D eigenvalue weighted by atomic mass is 9.86. The fourth-order valence-electron chi connectivity index (χ4n) is 1.65. The van der Waals surface area contributed by atoms with E-state index in [1.54, 1.807) is 0 Å². The molecule has 0 atom stereocenters. The van der Waals surface area contributed by atoms with Gasteiger partial charge in [-0.25, -0.2) is 4.79 Å². The minimum Gasteiger partial charge on any atom is -0.296 e. The van der Waals surface area contributed by atoms with Gasteiger partial charge in [-0.3, -0.25) is 9.51 Å². The van der Waals surface area contributed by atoms with Gasteiger partial charge in [-0.1, -0.05) is 50.2 Å². The van der Waals surface area contributed by atoms with E-state index in [1.807, 2.05) is 12.1 Å². The van der Waals surface area contributed by atoms with Crippen molar-refractivity contribution in [2.75, 3.05) is 0 Å². The normalized spacial score (nSPS) is 11.7. The SMILES string of the molecule is CC(C)(C)c1ccc(Cc2noc(=O)[nH]2)cc1. The average molecular weight is 232 g/mol. The van der Waals surface area contributed by atoms with Gasteiger partial charge in [-0.2, -0.15) is 0 Å². The Morgan fingerprint density at radius 2 is 1.88 bits per heavy atom. The zero-order valence-corrected chi connectivity index (χ0v) is 10.3. The van der Waals surface area contributed by atoms with Crippen molar-refractivity contribution in [3.05, 3.63) is 51.8 Å². The maximum absolute atomic E-state index is 10.8. The summed E-state index contributed by atoms with van der Waals surface area (Å²) in [4.78, 5) is 13.3. The summed E-state index contributed by atoms with van der Waals surface area (Å²) in [6.07, 6.45) is 0.580. The standard InChI is InChI=1S/C13H16N2O2/c1-13(2,3)10-6-4-9(5-7-10)8-11-14-12(16)17-15-11/h4-7H,8H2,1-3H3,(H,14,15,16). The van der Waals surface area contributed by atoms with Crippen LogP contribution in [0, 0.1) is 0 Å². The molecule has 0 fully saturated rings. The molecule has 1 aromatic carbocycles. The van der Waals surface area contributed by atoms with E-state index in [-0.39, 0.29) is 5.41 Å². The number of benzene rings is 1. The summed E-state index contributed by atoms with van der Waals surface area (Å²) >= 11 is 0. The Morgan fingerprint density at radius 3 is 2.35 bits per heavy atom. The number of H-pyrrole nitrogens is 1. The number of hydrogen-bond acceptors (Lipinski definition) is 3. The smallest absolute Gasteiger partial charge is 0.296 e. The zero-order valence-electron chi connectivity index (χ0n) is 10.3. The topological polar surface area (TPSA) is 58.9 Å². The summed E-state index contributed by atoms with van der Waals surface area (Å²) in [5, 5.41) is 3.64. The van der Waals surface area contributed by atoms with Gasteiger partial charge in [0.1, 0.15) is 0 Å². The molecule has 1 aromatic heterocycles. The molecule has 0 saturated carbocycles. The van der Waals surface area contributed by atoms with Crippen LogP contribution in [0.2, 0.25) is 0 Å². The first-order valence-electron chi connectivity index (χ1n) is 5.59. The van der Waals surface area contributed by atoms with Gasteiger partial charge < -0.3 is 0 Å². The van der Waals surface area contributed by atoms with E-state index in [0.717, 1.165) is 5.56 Å². The lowest BCUT2D eigenvalue weighted by Crippen LogP contribution is -2.10. The van der Waals surface area contributed by atoms with Crippen LogP contribution in [0.3, 0.4) is 0 Å². The van der Waals surface area contributed by atoms with Crippen LogP contribution in [0.1, 0.15) is 37.7 Å². The molecule has 1 N–H and O–H groups in total. The van der Waals surface area contributed by atoms with Crippen molar-refractivity contribution in [2.24, 2.45) is 0 Å². The van der Waals surface area contributed by atoms with Gasteiger partial charge in [0.25, 0.3) is 0 Å². The maximum Gasteiger partial charge on any atom is 0.438 e. The molecule has 90 valence electrons. The van der Waals surface area contributed by atoms with E-state index in [1.165, 1.54) is 5.56 Å². The Labute approximate surface area is 99.7 Å². The fraction of sp³-hybridized carbons (Fsp3) is 0.385. The summed E-state index contributed by atoms with van der Waals surface area (Å²) < 4.78 is 4.45. The molecule has 0 amide bonds. The molecule has 17 heavy (non-hydrogen) atoms. The quantitative estimate of drug-likeness (QED) is 0.863. The molecule has 1 heterocycles. The molecule has 2 aromatic rings. The van der Waals surface area contributed by atoms with E-state index in [2.05, 4.69) is 47.6 Å². The van der Waals surface area contributed by atoms with Gasteiger partial charge in [0.15, 0.2) is 5.82 Å². The lowest BCUT2D eigenvalue weighted by Gasteiger charge is -2.18. The molecule has 0 aliphatic heterocycles. The predicted octanol–water partition coefficient (Wildman–Crippen LogP) is 2.25. The summed E-state index contributed by atoms with van der Waals surface area (Å²) in [6, 6.07) is 8.31. The molecule has 4 nitrogen and oxygen atoms in total. The number of nitrogens with zero attached hydrogens (tertiary/aromatic N) is 1. The molecular formula is C13H16N2O2. The number of aromatic amines is 1. The molecule has 2 rings (SSSR count). The van der Waals surface area contributed by atoms with Gasteiger partial charge in [-0.15, -0.1) is 0 Å². The van der Waals surface area contributed by atoms with Crippen molar-refractivity contribution in [3.63, 3.8) is 0 Å². The Hall–Kier alpha value is -1.84. The minimum atomic E-state index is -0.508. The van der Waals surface area contributed by atoms with Crippen molar-refractivity contribution in [3.8, 4) is 0 Å². The molecule has 0 saturated heterocycles. The molecule has 0 aliphatic carbocycles. The Morgan fingerprint density at radius 1 is 1.24 bits per heavy atom. The van der Waals surface area contributed by atoms with E-state index in [0.29, 0.717) is 12.2 Å². The third kappa shape index (κ3) is 2.84. The Kier molecular flexibility index (Phi) is 2.88. The van der Waals surface area contributed by atoms with Crippen LogP contribution in [-0.2, 0) is 11.8 Å². The van der Waals surface area contributed by atoms with Crippen molar-refractivity contribution >= 4 is 0 Å². The number of nitrogens with one attached hydrogen (secondary N) is 1. The van der Waals surface area contributed by atoms with E-state index in [9.17, 15) is 4.79 Å². The number of aromatic nitrogens is 2. The second-order valence-electron chi connectivity index (χ2n) is 5.17. The van der Waals surface area contributed by atoms with Crippen molar-refractivity contribution < 1.29 is 4.52 Å². The summed E-state index contributed by atoms with van der Waals surface area (Å²) in [7, 11) is 0. The fourth-order valence-corrected chi connectivity index (χ4v) is 1.65. The lowest BCUT2D eigenvalue weighted by molar-refractivity contribution is 0.382. The first-order valence-corrected chi connectivity index (χ1v) is 5.59. The van der Waals surface area contributed by atoms with Crippen LogP contribution in [0.4, 0.5) is 0 Å². The van der Waals surface area contributed by atoms with Crippen LogP contribution in [-0.4, -0.2) is 10.1 Å². The summed E-state index contributed by atoms with van der Waals surface area (Å²) in [5.41, 5.74) is 2.54. The first kappa shape index (κ1) is 11.6. The molecule has 4 heteroatoms. The highest BCUT2D eigenvalue weighted by molar-refractivity contribution is 5.28. The van der Waals surface area contributed by atoms with Gasteiger partial charge in [0.2, 0.25) is 0 Å². The Balaban J connectivity index is 2.16. The highest BCUT2D eigenvalue weighted by atomic mass is 16.5. The largest absolute Gasteiger partial charge is 0.438 e. The van der Waals surface area contributed by atoms with E-state index in [4.69, 9.17) is 0 Å². The molecule has 0 spiro atoms. The van der Waals surface area contributed by atoms with Crippen molar-refractivity contribution in [2.45, 2.75) is 32.6 Å². The highest BCUT2D eigenvalue weighted by Gasteiger charge is 2.13. The highest BCUT2D eigenvalue weighted by Crippen LogP contribution is 2.22. The first-order chi connectivity index (χ1) is 7.95. The average Bonchev–Trinajstić information content (AvgIpc) is 2.63. The predicted molar refractivity (Wildman–Crippen MR) is 65.1 cm³/mol. The van der Waals surface area contributed by atoms with Gasteiger partial charge in [0.05, 0.1) is 0 Å². The van der Waals surface area contributed by atoms with Crippen molar-refractivity contribution in [1.29, 1.82) is 0 Å². The third-order valence-corrected chi connectivity index (χ3v) is 2.68. The Bertz CT molecular complexity index is 544. The monoisotopic (exact) mass is 232 g/mol. The van der Waals surface area contributed by atoms with Crippen LogP contribution < -0.4 is 5.76 Å². The molecule has 0 radical (unpaired) electrons. The summed E-state index contributed by atoms with van der Waals surface area (Å²) in [5.74, 6) is 0.0461. The number of hydrogen-bond donors (Lipinski definition) is 1. The number of rotatable bonds is 2. The zero-order chi connectivity index (χ0) is 12.5. The minimum absolute atomic E-state index is 0.154. The van der Waals surface area contributed by atoms with Gasteiger partial charge in [-0.05, 0) is 16.5 Å². The van der Waals surface area contributed by atoms with Gasteiger partial charge >= 0.3 is 5.76 Å². The van der Waals surface area contributed by atoms with Crippen LogP contribution in [0.5, 0.6) is 0 Å². The van der Waals surface area contributed by atoms with Crippen LogP contribution >= 0.6 is 0 Å². The maximum atomic E-state index is 10.8. The second kappa shape index (κ2) is 4.20. The van der Waals surface area contributed by atoms with Crippen LogP contribution in [0.15, 0.2) is 33.6 Å². The molecule has 0 unspecified atom stereocenters. The summed E-state index contributed by atoms with van der Waals surface area (Å²) in [6.45, 7) is 6.53. The molecular weight excluding hydrogens is 216 g/mol. The second-order valence-corrected chi connectivity index (χ2v) is 5.17. The third-order valence-electron chi connectivity index (χ3n) is 2.68. The van der Waals surface area contributed by atoms with E-state index < -0.39 is 5.76 Å². The van der Waals surface area contributed by atoms with Crippen molar-refractivity contribution in [1.82, 2.24) is 10.1 Å². The van der Waals surface area contributed by atoms with Gasteiger partial charge in [0, 0.05) is 6.42 Å². The molecule has 0 aliphatic rings.